The van der Waals surface area contributed by atoms with Crippen LogP contribution in [0.15, 0.2) is 29.8 Å². The average molecular weight is 742 g/mol. The largest absolute Gasteiger partial charge is 0.573 e. The summed E-state index contributed by atoms with van der Waals surface area (Å²) in [5.74, 6) is -22.9. The molecule has 0 saturated carbocycles. The number of nitriles is 4. The highest BCUT2D eigenvalue weighted by Gasteiger charge is 2.40. The molecule has 52 heavy (non-hydrogen) atoms. The van der Waals surface area contributed by atoms with Crippen LogP contribution in [-0.4, -0.2) is 12.7 Å². The number of nitrogens with zero attached hydrogens (tertiary/aromatic N) is 4. The summed E-state index contributed by atoms with van der Waals surface area (Å²) in [6.45, 7) is 0. The van der Waals surface area contributed by atoms with Crippen LogP contribution in [-0.2, 0) is 0 Å². The molecule has 20 heteroatoms. The Balaban J connectivity index is 2.02. The molecule has 0 radical (unpaired) electrons. The van der Waals surface area contributed by atoms with E-state index < -0.39 is 138 Å². The minimum Gasteiger partial charge on any atom is -0.405 e. The average Bonchev–Trinajstić information content (AvgIpc) is 3.34. The first-order valence-corrected chi connectivity index (χ1v) is 13.2. The quantitative estimate of drug-likeness (QED) is 0.103. The van der Waals surface area contributed by atoms with Crippen molar-refractivity contribution in [2.24, 2.45) is 0 Å². The number of fused-ring (bicyclic) bond motifs is 3. The Morgan fingerprint density at radius 3 is 1.00 bits per heavy atom. The van der Waals surface area contributed by atoms with Crippen molar-refractivity contribution in [1.29, 1.82) is 21.0 Å². The molecule has 1 aliphatic carbocycles. The first kappa shape index (κ1) is 36.5. The number of allylic oxidation sites excluding steroid dienone is 1. The van der Waals surface area contributed by atoms with E-state index >= 15 is 17.6 Å². The summed E-state index contributed by atoms with van der Waals surface area (Å²) in [7, 11) is 0. The predicted molar refractivity (Wildman–Crippen MR) is 142 cm³/mol. The van der Waals surface area contributed by atoms with Gasteiger partial charge in [0.05, 0.1) is 11.1 Å². The second-order valence-corrected chi connectivity index (χ2v) is 10.1. The maximum absolute atomic E-state index is 15.2. The van der Waals surface area contributed by atoms with Crippen molar-refractivity contribution in [3.8, 4) is 69.2 Å². The smallest absolute Gasteiger partial charge is 0.405 e. The summed E-state index contributed by atoms with van der Waals surface area (Å²) in [5.41, 5.74) is -15.9. The van der Waals surface area contributed by atoms with E-state index in [1.807, 2.05) is 0 Å². The van der Waals surface area contributed by atoms with Gasteiger partial charge in [-0.25, -0.2) is 35.1 Å². The maximum Gasteiger partial charge on any atom is 0.573 e. The minimum absolute atomic E-state index is 0.182. The van der Waals surface area contributed by atoms with Crippen LogP contribution in [0.5, 0.6) is 11.5 Å². The highest BCUT2D eigenvalue weighted by molar-refractivity contribution is 6.07. The van der Waals surface area contributed by atoms with Crippen LogP contribution < -0.4 is 9.47 Å². The summed E-state index contributed by atoms with van der Waals surface area (Å²) in [6.07, 6.45) is -11.6. The second kappa shape index (κ2) is 12.5. The van der Waals surface area contributed by atoms with Crippen LogP contribution in [0.3, 0.4) is 0 Å². The zero-order valence-corrected chi connectivity index (χ0v) is 24.2. The van der Waals surface area contributed by atoms with Crippen LogP contribution in [0, 0.1) is 91.9 Å². The minimum atomic E-state index is -5.78. The Morgan fingerprint density at radius 2 is 0.750 bits per heavy atom. The van der Waals surface area contributed by atoms with Gasteiger partial charge < -0.3 is 9.47 Å². The number of hydrogen-bond acceptors (Lipinski definition) is 6. The Hall–Kier alpha value is -6.80. The normalized spacial score (nSPS) is 11.9. The third-order valence-electron chi connectivity index (χ3n) is 7.28. The van der Waals surface area contributed by atoms with Crippen molar-refractivity contribution in [2.75, 3.05) is 0 Å². The standard InChI is InChI=1S/C32H4F14N4O2/c33-23-16(7-49)24(34)28(38)21(27(23)37)14-1-10-11-2-15(22-29(39)25(35)17(8-50)26(36)30(22)40)19(52-32(44,45)46)4-13(11)20(9(5-47)6-48)12(10)3-18(14)51-31(41,42)43/h1-4H. The van der Waals surface area contributed by atoms with Gasteiger partial charge in [0.1, 0.15) is 52.5 Å². The van der Waals surface area contributed by atoms with E-state index in [0.717, 1.165) is 12.1 Å². The van der Waals surface area contributed by atoms with Crippen molar-refractivity contribution >= 4 is 5.57 Å². The third kappa shape index (κ3) is 5.80. The Morgan fingerprint density at radius 1 is 0.442 bits per heavy atom. The third-order valence-corrected chi connectivity index (χ3v) is 7.28. The molecule has 4 aromatic rings. The molecular weight excluding hydrogens is 738 g/mol. The summed E-state index contributed by atoms with van der Waals surface area (Å²) >= 11 is 0. The van der Waals surface area contributed by atoms with E-state index in [1.165, 1.54) is 12.1 Å². The first-order chi connectivity index (χ1) is 24.2. The van der Waals surface area contributed by atoms with Crippen LogP contribution >= 0.6 is 0 Å². The number of rotatable bonds is 4. The van der Waals surface area contributed by atoms with E-state index in [9.17, 15) is 54.4 Å². The Kier molecular flexibility index (Phi) is 8.78. The molecule has 0 heterocycles. The molecule has 0 N–H and O–H groups in total. The predicted octanol–water partition coefficient (Wildman–Crippen LogP) is 9.50. The number of halogens is 14. The van der Waals surface area contributed by atoms with Gasteiger partial charge in [0.25, 0.3) is 0 Å². The molecule has 0 aromatic heterocycles. The maximum atomic E-state index is 15.2. The van der Waals surface area contributed by atoms with Gasteiger partial charge >= 0.3 is 12.7 Å². The van der Waals surface area contributed by atoms with E-state index in [-0.39, 0.29) is 24.3 Å². The highest BCUT2D eigenvalue weighted by atomic mass is 19.4. The van der Waals surface area contributed by atoms with Crippen LogP contribution in [0.25, 0.3) is 39.0 Å². The van der Waals surface area contributed by atoms with Gasteiger partial charge in [0.2, 0.25) is 0 Å². The molecule has 6 nitrogen and oxygen atoms in total. The summed E-state index contributed by atoms with van der Waals surface area (Å²) < 4.78 is 208. The van der Waals surface area contributed by atoms with Crippen molar-refractivity contribution in [3.63, 3.8) is 0 Å². The van der Waals surface area contributed by atoms with Gasteiger partial charge in [-0.05, 0) is 46.5 Å². The molecule has 0 fully saturated rings. The van der Waals surface area contributed by atoms with Crippen LogP contribution in [0.2, 0.25) is 0 Å². The number of alkyl halides is 6. The van der Waals surface area contributed by atoms with Gasteiger partial charge in [-0.15, -0.1) is 26.3 Å². The number of hydrogen-bond donors (Lipinski definition) is 0. The number of ether oxygens (including phenoxy) is 2. The Labute approximate surface area is 278 Å². The zero-order chi connectivity index (χ0) is 38.8. The fraction of sp³-hybridized carbons (Fsp3) is 0.0625. The van der Waals surface area contributed by atoms with Crippen molar-refractivity contribution in [1.82, 2.24) is 0 Å². The van der Waals surface area contributed by atoms with Crippen molar-refractivity contribution in [2.45, 2.75) is 12.7 Å². The fourth-order valence-electron chi connectivity index (χ4n) is 5.31. The van der Waals surface area contributed by atoms with E-state index in [1.54, 1.807) is 0 Å². The number of benzene rings is 4. The van der Waals surface area contributed by atoms with Gasteiger partial charge in [-0.2, -0.15) is 21.0 Å². The summed E-state index contributed by atoms with van der Waals surface area (Å²) in [4.78, 5) is 0. The molecule has 0 bridgehead atoms. The molecule has 0 amide bonds. The molecule has 0 aliphatic heterocycles. The SMILES string of the molecule is N#CC(C#N)=C1c2cc(OC(F)(F)F)c(-c3c(F)c(F)c(C#N)c(F)c3F)cc2-c2cc(-c3c(F)c(F)c(C#N)c(F)c3F)c(OC(F)(F)F)cc21. The lowest BCUT2D eigenvalue weighted by atomic mass is 9.93. The second-order valence-electron chi connectivity index (χ2n) is 10.1. The Bertz CT molecular complexity index is 2250. The van der Waals surface area contributed by atoms with E-state index in [4.69, 9.17) is 10.5 Å². The molecule has 1 aliphatic rings. The zero-order valence-electron chi connectivity index (χ0n) is 24.2. The summed E-state index contributed by atoms with van der Waals surface area (Å²) in [6, 6.07) is 5.04. The highest BCUT2D eigenvalue weighted by Crippen LogP contribution is 2.54. The summed E-state index contributed by atoms with van der Waals surface area (Å²) in [5, 5.41) is 37.0. The molecule has 262 valence electrons. The molecule has 0 unspecified atom stereocenters. The molecular formula is C32H4F14N4O2. The molecule has 0 atom stereocenters. The van der Waals surface area contributed by atoms with Crippen molar-refractivity contribution < 1.29 is 70.9 Å². The van der Waals surface area contributed by atoms with E-state index in [0.29, 0.717) is 0 Å². The lowest BCUT2D eigenvalue weighted by Gasteiger charge is -2.18. The van der Waals surface area contributed by atoms with Gasteiger partial charge in [0, 0.05) is 16.7 Å². The molecule has 4 aromatic carbocycles. The molecule has 5 rings (SSSR count). The molecule has 0 saturated heterocycles. The lowest BCUT2D eigenvalue weighted by Crippen LogP contribution is -2.18. The first-order valence-electron chi connectivity index (χ1n) is 13.2. The van der Waals surface area contributed by atoms with Gasteiger partial charge in [-0.1, -0.05) is 0 Å². The van der Waals surface area contributed by atoms with Crippen LogP contribution in [0.4, 0.5) is 61.5 Å². The van der Waals surface area contributed by atoms with Gasteiger partial charge in [-0.3, -0.25) is 0 Å². The lowest BCUT2D eigenvalue weighted by molar-refractivity contribution is -0.275. The van der Waals surface area contributed by atoms with E-state index in [2.05, 4.69) is 9.47 Å². The monoisotopic (exact) mass is 742 g/mol. The fourth-order valence-corrected chi connectivity index (χ4v) is 5.31. The van der Waals surface area contributed by atoms with Crippen molar-refractivity contribution in [3.05, 3.63) is 98.6 Å². The van der Waals surface area contributed by atoms with Gasteiger partial charge in [0.15, 0.2) is 46.5 Å². The van der Waals surface area contributed by atoms with Crippen LogP contribution in [0.1, 0.15) is 22.3 Å². The topological polar surface area (TPSA) is 114 Å². The molecule has 0 spiro atoms.